The molecule has 3 N–H and O–H groups in total. The second kappa shape index (κ2) is 7.53. The number of amides is 1. The quantitative estimate of drug-likeness (QED) is 0.650. The first kappa shape index (κ1) is 16.6. The lowest BCUT2D eigenvalue weighted by atomic mass is 9.97. The van der Waals surface area contributed by atoms with Gasteiger partial charge in [-0.3, -0.25) is 0 Å². The number of benzene rings is 2. The van der Waals surface area contributed by atoms with Crippen molar-refractivity contribution in [3.63, 3.8) is 0 Å². The number of carbonyl (C=O) groups is 1. The molecule has 0 heterocycles. The lowest BCUT2D eigenvalue weighted by Crippen LogP contribution is -2.26. The number of hydrogen-bond donors (Lipinski definition) is 3. The number of ether oxygens (including phenoxy) is 1. The number of hydrogen-bond acceptors (Lipinski definition) is 3. The molecule has 0 aromatic heterocycles. The zero-order valence-electron chi connectivity index (χ0n) is 13.9. The Morgan fingerprint density at radius 2 is 2.12 bits per heavy atom. The summed E-state index contributed by atoms with van der Waals surface area (Å²) in [6.45, 7) is 3.76. The van der Waals surface area contributed by atoms with Crippen LogP contribution in [0.15, 0.2) is 36.4 Å². The summed E-state index contributed by atoms with van der Waals surface area (Å²) in [7, 11) is 0. The smallest absolute Gasteiger partial charge is 0.404 e. The summed E-state index contributed by atoms with van der Waals surface area (Å²) >= 11 is 0. The predicted octanol–water partition coefficient (Wildman–Crippen LogP) is 3.34. The van der Waals surface area contributed by atoms with E-state index in [0.29, 0.717) is 18.6 Å². The number of fused-ring (bicyclic) bond motifs is 1. The first-order chi connectivity index (χ1) is 11.6. The van der Waals surface area contributed by atoms with Crippen LogP contribution in [0.1, 0.15) is 31.2 Å². The zero-order valence-corrected chi connectivity index (χ0v) is 13.9. The molecule has 128 valence electrons. The van der Waals surface area contributed by atoms with Crippen LogP contribution in [0.5, 0.6) is 5.75 Å². The van der Waals surface area contributed by atoms with Crippen molar-refractivity contribution in [3.05, 3.63) is 42.0 Å². The van der Waals surface area contributed by atoms with E-state index >= 15 is 0 Å². The molecule has 0 bridgehead atoms. The van der Waals surface area contributed by atoms with Crippen LogP contribution in [0.4, 0.5) is 4.79 Å². The Hall–Kier alpha value is -2.27. The summed E-state index contributed by atoms with van der Waals surface area (Å²) < 4.78 is 5.85. The molecule has 5 nitrogen and oxygen atoms in total. The third-order valence-electron chi connectivity index (χ3n) is 4.34. The molecule has 2 aromatic carbocycles. The van der Waals surface area contributed by atoms with E-state index in [1.165, 1.54) is 18.4 Å². The fourth-order valence-corrected chi connectivity index (χ4v) is 2.77. The van der Waals surface area contributed by atoms with E-state index in [1.54, 1.807) is 0 Å². The lowest BCUT2D eigenvalue weighted by Gasteiger charge is -2.17. The minimum Gasteiger partial charge on any atom is -0.491 e. The van der Waals surface area contributed by atoms with Crippen LogP contribution in [0.3, 0.4) is 0 Å². The van der Waals surface area contributed by atoms with E-state index in [2.05, 4.69) is 35.8 Å². The first-order valence-electron chi connectivity index (χ1n) is 8.49. The first-order valence-corrected chi connectivity index (χ1v) is 8.49. The second-order valence-electron chi connectivity index (χ2n) is 6.40. The summed E-state index contributed by atoms with van der Waals surface area (Å²) in [5.74, 6) is 1.21. The van der Waals surface area contributed by atoms with E-state index in [-0.39, 0.29) is 6.54 Å². The maximum Gasteiger partial charge on any atom is 0.404 e. The van der Waals surface area contributed by atoms with E-state index in [0.717, 1.165) is 23.1 Å². The van der Waals surface area contributed by atoms with E-state index in [1.807, 2.05) is 18.2 Å². The zero-order chi connectivity index (χ0) is 16.9. The molecule has 2 aromatic rings. The van der Waals surface area contributed by atoms with Gasteiger partial charge in [-0.15, -0.1) is 0 Å². The summed E-state index contributed by atoms with van der Waals surface area (Å²) in [5, 5.41) is 16.7. The summed E-state index contributed by atoms with van der Waals surface area (Å²) in [4.78, 5) is 10.5. The van der Waals surface area contributed by atoms with Crippen molar-refractivity contribution in [3.8, 4) is 5.75 Å². The molecule has 5 heteroatoms. The van der Waals surface area contributed by atoms with E-state index in [4.69, 9.17) is 9.84 Å². The van der Waals surface area contributed by atoms with Gasteiger partial charge in [0.1, 0.15) is 12.4 Å². The van der Waals surface area contributed by atoms with Gasteiger partial charge in [0.25, 0.3) is 0 Å². The number of nitrogens with one attached hydrogen (secondary N) is 2. The predicted molar refractivity (Wildman–Crippen MR) is 94.9 cm³/mol. The van der Waals surface area contributed by atoms with Crippen LogP contribution < -0.4 is 15.4 Å². The second-order valence-corrected chi connectivity index (χ2v) is 6.40. The van der Waals surface area contributed by atoms with Gasteiger partial charge in [0.15, 0.2) is 0 Å². The van der Waals surface area contributed by atoms with Crippen LogP contribution in [-0.4, -0.2) is 36.9 Å². The average molecular weight is 328 g/mol. The topological polar surface area (TPSA) is 70.6 Å². The molecule has 1 fully saturated rings. The van der Waals surface area contributed by atoms with Gasteiger partial charge in [-0.2, -0.15) is 0 Å². The Morgan fingerprint density at radius 3 is 2.88 bits per heavy atom. The molecule has 0 aliphatic heterocycles. The van der Waals surface area contributed by atoms with Crippen molar-refractivity contribution in [1.29, 1.82) is 0 Å². The molecule has 24 heavy (non-hydrogen) atoms. The van der Waals surface area contributed by atoms with Crippen LogP contribution in [0, 0.1) is 0 Å². The standard InChI is InChI=1S/C19H24N2O3/c1-13(12-21-16-6-7-16)15-10-14-4-2-3-5-17(14)18(11-15)24-9-8-20-19(22)23/h2-5,10-11,13,16,20-21H,6-9,12H2,1H3,(H,22,23). The summed E-state index contributed by atoms with van der Waals surface area (Å²) in [6, 6.07) is 13.1. The fraction of sp³-hybridized carbons (Fsp3) is 0.421. The van der Waals surface area contributed by atoms with Crippen LogP contribution >= 0.6 is 0 Å². The third kappa shape index (κ3) is 4.38. The minimum atomic E-state index is -1.03. The van der Waals surface area contributed by atoms with Gasteiger partial charge in [-0.05, 0) is 35.8 Å². The van der Waals surface area contributed by atoms with Crippen LogP contribution in [0.25, 0.3) is 10.8 Å². The van der Waals surface area contributed by atoms with Crippen molar-refractivity contribution < 1.29 is 14.6 Å². The Balaban J connectivity index is 1.75. The molecular formula is C19H24N2O3. The van der Waals surface area contributed by atoms with Crippen molar-refractivity contribution in [2.24, 2.45) is 0 Å². The van der Waals surface area contributed by atoms with E-state index in [9.17, 15) is 4.79 Å². The molecule has 1 amide bonds. The molecule has 1 aliphatic carbocycles. The fourth-order valence-electron chi connectivity index (χ4n) is 2.77. The maximum absolute atomic E-state index is 10.5. The van der Waals surface area contributed by atoms with E-state index < -0.39 is 6.09 Å². The summed E-state index contributed by atoms with van der Waals surface area (Å²) in [5.41, 5.74) is 1.24. The van der Waals surface area contributed by atoms with Crippen molar-refractivity contribution >= 4 is 16.9 Å². The Labute approximate surface area is 142 Å². The molecule has 0 radical (unpaired) electrons. The van der Waals surface area contributed by atoms with Crippen molar-refractivity contribution in [2.45, 2.75) is 31.7 Å². The highest BCUT2D eigenvalue weighted by atomic mass is 16.5. The maximum atomic E-state index is 10.5. The minimum absolute atomic E-state index is 0.271. The van der Waals surface area contributed by atoms with Gasteiger partial charge in [-0.1, -0.05) is 37.3 Å². The molecule has 1 atom stereocenters. The normalized spacial score (nSPS) is 15.2. The van der Waals surface area contributed by atoms with Crippen molar-refractivity contribution in [1.82, 2.24) is 10.6 Å². The van der Waals surface area contributed by atoms with Gasteiger partial charge in [-0.25, -0.2) is 4.79 Å². The molecule has 0 spiro atoms. The van der Waals surface area contributed by atoms with Crippen molar-refractivity contribution in [2.75, 3.05) is 19.7 Å². The van der Waals surface area contributed by atoms with Crippen LogP contribution in [-0.2, 0) is 0 Å². The Bertz CT molecular complexity index is 713. The molecule has 1 aliphatic rings. The lowest BCUT2D eigenvalue weighted by molar-refractivity contribution is 0.191. The van der Waals surface area contributed by atoms with Gasteiger partial charge in [0.05, 0.1) is 6.54 Å². The largest absolute Gasteiger partial charge is 0.491 e. The molecule has 0 saturated heterocycles. The molecule has 1 unspecified atom stereocenters. The van der Waals surface area contributed by atoms with Gasteiger partial charge < -0.3 is 20.5 Å². The Kier molecular flexibility index (Phi) is 5.20. The number of carboxylic acid groups (broad SMARTS) is 1. The SMILES string of the molecule is CC(CNC1CC1)c1cc(OCCNC(=O)O)c2ccccc2c1. The molecule has 3 rings (SSSR count). The highest BCUT2D eigenvalue weighted by Gasteiger charge is 2.21. The molecule has 1 saturated carbocycles. The van der Waals surface area contributed by atoms with Gasteiger partial charge >= 0.3 is 6.09 Å². The van der Waals surface area contributed by atoms with Crippen LogP contribution in [0.2, 0.25) is 0 Å². The van der Waals surface area contributed by atoms with Gasteiger partial charge in [0, 0.05) is 18.0 Å². The number of rotatable bonds is 8. The summed E-state index contributed by atoms with van der Waals surface area (Å²) in [6.07, 6.45) is 1.54. The highest BCUT2D eigenvalue weighted by Crippen LogP contribution is 2.31. The Morgan fingerprint density at radius 1 is 1.33 bits per heavy atom. The molecular weight excluding hydrogens is 304 g/mol. The monoisotopic (exact) mass is 328 g/mol. The average Bonchev–Trinajstić information content (AvgIpc) is 3.40. The third-order valence-corrected chi connectivity index (χ3v) is 4.34. The highest BCUT2D eigenvalue weighted by molar-refractivity contribution is 5.89. The van der Waals surface area contributed by atoms with Gasteiger partial charge in [0.2, 0.25) is 0 Å².